The van der Waals surface area contributed by atoms with Crippen LogP contribution in [0.25, 0.3) is 10.9 Å². The van der Waals surface area contributed by atoms with Crippen LogP contribution in [0.1, 0.15) is 11.1 Å². The van der Waals surface area contributed by atoms with E-state index in [-0.39, 0.29) is 5.91 Å². The van der Waals surface area contributed by atoms with Crippen molar-refractivity contribution in [2.75, 3.05) is 20.2 Å². The Morgan fingerprint density at radius 1 is 1.12 bits per heavy atom. The molecular weight excluding hydrogens is 326 g/mol. The summed E-state index contributed by atoms with van der Waals surface area (Å²) in [4.78, 5) is 18.6. The Kier molecular flexibility index (Phi) is 5.81. The number of nitrogens with zero attached hydrogens (tertiary/aromatic N) is 2. The van der Waals surface area contributed by atoms with Crippen molar-refractivity contribution in [3.8, 4) is 5.75 Å². The van der Waals surface area contributed by atoms with E-state index in [0.29, 0.717) is 26.1 Å². The molecule has 1 amide bonds. The van der Waals surface area contributed by atoms with E-state index in [1.54, 1.807) is 11.1 Å². The number of ether oxygens (including phenoxy) is 1. The molecule has 134 valence electrons. The number of likely N-dealkylation sites (N-methyl/N-ethyl adjacent to an activating group) is 1. The van der Waals surface area contributed by atoms with Crippen LogP contribution in [0.4, 0.5) is 0 Å². The molecule has 0 atom stereocenters. The van der Waals surface area contributed by atoms with Gasteiger partial charge in [-0.2, -0.15) is 0 Å². The van der Waals surface area contributed by atoms with Gasteiger partial charge in [0.1, 0.15) is 12.4 Å². The van der Waals surface area contributed by atoms with Crippen molar-refractivity contribution in [1.82, 2.24) is 9.88 Å². The summed E-state index contributed by atoms with van der Waals surface area (Å²) < 4.78 is 5.52. The van der Waals surface area contributed by atoms with Gasteiger partial charge in [-0.15, -0.1) is 0 Å². The summed E-state index contributed by atoms with van der Waals surface area (Å²) in [6.07, 6.45) is 2.12. The second-order valence-electron chi connectivity index (χ2n) is 6.24. The van der Waals surface area contributed by atoms with Crippen molar-refractivity contribution in [3.05, 3.63) is 71.9 Å². The molecule has 26 heavy (non-hydrogen) atoms. The topological polar surface area (TPSA) is 68.5 Å². The smallest absolute Gasteiger partial charge is 0.227 e. The summed E-state index contributed by atoms with van der Waals surface area (Å²) in [7, 11) is 1.82. The van der Waals surface area contributed by atoms with Gasteiger partial charge in [-0.1, -0.05) is 24.3 Å². The number of pyridine rings is 1. The first-order valence-electron chi connectivity index (χ1n) is 8.65. The second kappa shape index (κ2) is 8.45. The number of carbonyl (C=O) groups is 1. The van der Waals surface area contributed by atoms with Crippen LogP contribution in [0.15, 0.2) is 60.8 Å². The highest BCUT2D eigenvalue weighted by Gasteiger charge is 2.11. The quantitative estimate of drug-likeness (QED) is 0.712. The molecule has 1 heterocycles. The maximum absolute atomic E-state index is 12.6. The summed E-state index contributed by atoms with van der Waals surface area (Å²) in [5.74, 6) is 0.803. The van der Waals surface area contributed by atoms with E-state index >= 15 is 0 Å². The Morgan fingerprint density at radius 2 is 2.00 bits per heavy atom. The maximum atomic E-state index is 12.6. The molecule has 0 radical (unpaired) electrons. The number of carbonyl (C=O) groups excluding carboxylic acids is 1. The van der Waals surface area contributed by atoms with Crippen LogP contribution in [0.5, 0.6) is 5.75 Å². The highest BCUT2D eigenvalue weighted by Crippen LogP contribution is 2.17. The number of benzene rings is 2. The highest BCUT2D eigenvalue weighted by atomic mass is 16.5. The Balaban J connectivity index is 1.63. The molecule has 0 spiro atoms. The second-order valence-corrected chi connectivity index (χ2v) is 6.24. The normalized spacial score (nSPS) is 10.7. The Morgan fingerprint density at radius 3 is 2.85 bits per heavy atom. The first kappa shape index (κ1) is 17.9. The third-order valence-corrected chi connectivity index (χ3v) is 4.15. The third-order valence-electron chi connectivity index (χ3n) is 4.15. The lowest BCUT2D eigenvalue weighted by Gasteiger charge is -2.18. The van der Waals surface area contributed by atoms with Crippen LogP contribution >= 0.6 is 0 Å². The SMILES string of the molecule is CN(Cc1ccc2ncccc2c1)C(=O)Cc1cccc(OCCN)c1. The molecule has 0 aliphatic carbocycles. The minimum atomic E-state index is 0.0623. The first-order chi connectivity index (χ1) is 12.7. The van der Waals surface area contributed by atoms with Crippen LogP contribution in [-0.2, 0) is 17.8 Å². The molecular formula is C21H23N3O2. The standard InChI is InChI=1S/C21H23N3O2/c1-24(15-17-7-8-20-18(12-17)5-3-10-23-20)21(25)14-16-4-2-6-19(13-16)26-11-9-22/h2-8,10,12-13H,9,11,14-15,22H2,1H3. The first-order valence-corrected chi connectivity index (χ1v) is 8.65. The van der Waals surface area contributed by atoms with E-state index < -0.39 is 0 Å². The van der Waals surface area contributed by atoms with Crippen LogP contribution < -0.4 is 10.5 Å². The Bertz CT molecular complexity index is 895. The van der Waals surface area contributed by atoms with Gasteiger partial charge >= 0.3 is 0 Å². The fraction of sp³-hybridized carbons (Fsp3) is 0.238. The predicted molar refractivity (Wildman–Crippen MR) is 103 cm³/mol. The molecule has 0 fully saturated rings. The number of hydrogen-bond acceptors (Lipinski definition) is 4. The fourth-order valence-corrected chi connectivity index (χ4v) is 2.82. The Hall–Kier alpha value is -2.92. The molecule has 5 heteroatoms. The van der Waals surface area contributed by atoms with Gasteiger partial charge in [0.25, 0.3) is 0 Å². The number of nitrogens with two attached hydrogens (primary N) is 1. The van der Waals surface area contributed by atoms with E-state index in [0.717, 1.165) is 27.8 Å². The zero-order valence-corrected chi connectivity index (χ0v) is 14.9. The predicted octanol–water partition coefficient (Wildman–Crippen LogP) is 2.77. The summed E-state index contributed by atoms with van der Waals surface area (Å²) >= 11 is 0. The molecule has 2 aromatic carbocycles. The number of amides is 1. The minimum absolute atomic E-state index is 0.0623. The summed E-state index contributed by atoms with van der Waals surface area (Å²) in [5, 5.41) is 1.08. The molecule has 0 bridgehead atoms. The van der Waals surface area contributed by atoms with Gasteiger partial charge in [-0.3, -0.25) is 9.78 Å². The summed E-state index contributed by atoms with van der Waals surface area (Å²) in [5.41, 5.74) is 8.43. The average Bonchev–Trinajstić information content (AvgIpc) is 2.66. The third kappa shape index (κ3) is 4.58. The van der Waals surface area contributed by atoms with Gasteiger partial charge < -0.3 is 15.4 Å². The molecule has 1 aromatic heterocycles. The van der Waals surface area contributed by atoms with Gasteiger partial charge in [0.05, 0.1) is 11.9 Å². The van der Waals surface area contributed by atoms with Crippen molar-refractivity contribution < 1.29 is 9.53 Å². The summed E-state index contributed by atoms with van der Waals surface area (Å²) in [6, 6.07) is 17.6. The lowest BCUT2D eigenvalue weighted by molar-refractivity contribution is -0.129. The molecule has 0 aliphatic rings. The van der Waals surface area contributed by atoms with E-state index in [2.05, 4.69) is 11.1 Å². The highest BCUT2D eigenvalue weighted by molar-refractivity contribution is 5.80. The number of aromatic nitrogens is 1. The zero-order chi connectivity index (χ0) is 18.4. The van der Waals surface area contributed by atoms with Gasteiger partial charge in [-0.05, 0) is 41.5 Å². The van der Waals surface area contributed by atoms with E-state index in [1.165, 1.54) is 0 Å². The molecule has 0 saturated carbocycles. The van der Waals surface area contributed by atoms with Gasteiger partial charge in [0.15, 0.2) is 0 Å². The molecule has 0 aliphatic heterocycles. The van der Waals surface area contributed by atoms with Crippen LogP contribution in [0.2, 0.25) is 0 Å². The number of fused-ring (bicyclic) bond motifs is 1. The van der Waals surface area contributed by atoms with Crippen molar-refractivity contribution in [2.24, 2.45) is 5.73 Å². The fourth-order valence-electron chi connectivity index (χ4n) is 2.82. The van der Waals surface area contributed by atoms with E-state index in [9.17, 15) is 4.79 Å². The van der Waals surface area contributed by atoms with Crippen LogP contribution in [-0.4, -0.2) is 36.0 Å². The molecule has 0 unspecified atom stereocenters. The number of rotatable bonds is 7. The summed E-state index contributed by atoms with van der Waals surface area (Å²) in [6.45, 7) is 1.49. The molecule has 3 rings (SSSR count). The molecule has 2 N–H and O–H groups in total. The molecule has 0 saturated heterocycles. The van der Waals surface area contributed by atoms with Crippen LogP contribution in [0, 0.1) is 0 Å². The van der Waals surface area contributed by atoms with Crippen LogP contribution in [0.3, 0.4) is 0 Å². The molecule has 5 nitrogen and oxygen atoms in total. The van der Waals surface area contributed by atoms with E-state index in [1.807, 2.05) is 55.6 Å². The largest absolute Gasteiger partial charge is 0.492 e. The average molecular weight is 349 g/mol. The number of hydrogen-bond donors (Lipinski definition) is 1. The lowest BCUT2D eigenvalue weighted by atomic mass is 10.1. The minimum Gasteiger partial charge on any atom is -0.492 e. The van der Waals surface area contributed by atoms with Gasteiger partial charge in [0.2, 0.25) is 5.91 Å². The maximum Gasteiger partial charge on any atom is 0.227 e. The van der Waals surface area contributed by atoms with Crippen molar-refractivity contribution in [1.29, 1.82) is 0 Å². The van der Waals surface area contributed by atoms with Gasteiger partial charge in [0, 0.05) is 31.7 Å². The monoisotopic (exact) mass is 349 g/mol. The Labute approximate surface area is 153 Å². The lowest BCUT2D eigenvalue weighted by Crippen LogP contribution is -2.27. The van der Waals surface area contributed by atoms with E-state index in [4.69, 9.17) is 10.5 Å². The van der Waals surface area contributed by atoms with Gasteiger partial charge in [-0.25, -0.2) is 0 Å². The van der Waals surface area contributed by atoms with Crippen molar-refractivity contribution >= 4 is 16.8 Å². The zero-order valence-electron chi connectivity index (χ0n) is 14.9. The van der Waals surface area contributed by atoms with Crippen molar-refractivity contribution in [3.63, 3.8) is 0 Å². The molecule has 3 aromatic rings. The van der Waals surface area contributed by atoms with Crippen molar-refractivity contribution in [2.45, 2.75) is 13.0 Å².